The summed E-state index contributed by atoms with van der Waals surface area (Å²) in [6, 6.07) is 9.64. The fraction of sp³-hybridized carbons (Fsp3) is 0.412. The second kappa shape index (κ2) is 6.14. The van der Waals surface area contributed by atoms with E-state index in [0.717, 1.165) is 36.6 Å². The number of benzene rings is 1. The average molecular weight is 312 g/mol. The lowest BCUT2D eigenvalue weighted by Gasteiger charge is -2.24. The van der Waals surface area contributed by atoms with Crippen LogP contribution in [0.1, 0.15) is 46.6 Å². The topological polar surface area (TPSA) is 79.0 Å². The van der Waals surface area contributed by atoms with Crippen molar-refractivity contribution in [3.8, 4) is 0 Å². The summed E-state index contributed by atoms with van der Waals surface area (Å²) in [4.78, 5) is 12.2. The molecular formula is C17H20N4O2. The predicted molar refractivity (Wildman–Crippen MR) is 86.5 cm³/mol. The predicted octanol–water partition coefficient (Wildman–Crippen LogP) is 2.20. The van der Waals surface area contributed by atoms with Crippen LogP contribution in [0.4, 0.5) is 5.69 Å². The third-order valence-corrected chi connectivity index (χ3v) is 4.32. The highest BCUT2D eigenvalue weighted by Gasteiger charge is 2.26. The van der Waals surface area contributed by atoms with Crippen LogP contribution in [-0.4, -0.2) is 35.8 Å². The first-order chi connectivity index (χ1) is 11.3. The lowest BCUT2D eigenvalue weighted by atomic mass is 10.1. The number of nitrogens with zero attached hydrogens (tertiary/aromatic N) is 1. The maximum Gasteiger partial charge on any atom is 0.276 e. The van der Waals surface area contributed by atoms with Crippen LogP contribution in [-0.2, 0) is 4.74 Å². The number of H-pyrrole nitrogens is 1. The zero-order valence-corrected chi connectivity index (χ0v) is 12.8. The zero-order valence-electron chi connectivity index (χ0n) is 12.8. The van der Waals surface area contributed by atoms with Gasteiger partial charge in [0.1, 0.15) is 0 Å². The largest absolute Gasteiger partial charge is 0.371 e. The molecule has 0 radical (unpaired) electrons. The summed E-state index contributed by atoms with van der Waals surface area (Å²) in [7, 11) is 0. The van der Waals surface area contributed by atoms with Gasteiger partial charge in [0.15, 0.2) is 5.69 Å². The van der Waals surface area contributed by atoms with E-state index in [-0.39, 0.29) is 12.0 Å². The van der Waals surface area contributed by atoms with E-state index in [2.05, 4.69) is 20.8 Å². The Morgan fingerprint density at radius 1 is 1.26 bits per heavy atom. The number of morpholine rings is 1. The van der Waals surface area contributed by atoms with Crippen molar-refractivity contribution in [1.82, 2.24) is 15.5 Å². The van der Waals surface area contributed by atoms with Gasteiger partial charge >= 0.3 is 0 Å². The number of amides is 1. The lowest BCUT2D eigenvalue weighted by molar-refractivity contribution is 0.0277. The first-order valence-corrected chi connectivity index (χ1v) is 8.08. The second-order valence-electron chi connectivity index (χ2n) is 6.12. The molecule has 0 spiro atoms. The molecule has 6 heteroatoms. The number of carbonyl (C=O) groups excluding carboxylic acids is 1. The van der Waals surface area contributed by atoms with Crippen LogP contribution in [0.3, 0.4) is 0 Å². The van der Waals surface area contributed by atoms with E-state index in [0.29, 0.717) is 11.6 Å². The fourth-order valence-electron chi connectivity index (χ4n) is 2.81. The van der Waals surface area contributed by atoms with Crippen LogP contribution in [0, 0.1) is 0 Å². The molecular weight excluding hydrogens is 292 g/mol. The van der Waals surface area contributed by atoms with E-state index in [1.165, 1.54) is 12.8 Å². The Morgan fingerprint density at radius 2 is 2.09 bits per heavy atom. The van der Waals surface area contributed by atoms with Crippen molar-refractivity contribution >= 4 is 11.6 Å². The van der Waals surface area contributed by atoms with Crippen molar-refractivity contribution in [3.63, 3.8) is 0 Å². The molecule has 23 heavy (non-hydrogen) atoms. The molecule has 2 aromatic rings. The summed E-state index contributed by atoms with van der Waals surface area (Å²) >= 11 is 0. The molecule has 6 nitrogen and oxygen atoms in total. The van der Waals surface area contributed by atoms with Crippen molar-refractivity contribution in [1.29, 1.82) is 0 Å². The Labute approximate surface area is 134 Å². The smallest absolute Gasteiger partial charge is 0.276 e. The minimum atomic E-state index is -0.184. The minimum Gasteiger partial charge on any atom is -0.371 e. The molecule has 1 atom stereocenters. The molecule has 2 heterocycles. The van der Waals surface area contributed by atoms with Gasteiger partial charge < -0.3 is 15.4 Å². The van der Waals surface area contributed by atoms with E-state index >= 15 is 0 Å². The Kier molecular flexibility index (Phi) is 3.85. The van der Waals surface area contributed by atoms with E-state index in [1.807, 2.05) is 30.3 Å². The van der Waals surface area contributed by atoms with Crippen LogP contribution in [0.2, 0.25) is 0 Å². The molecule has 2 aliphatic rings. The molecule has 0 bridgehead atoms. The molecule has 1 amide bonds. The molecule has 1 unspecified atom stereocenters. The number of rotatable bonds is 4. The monoisotopic (exact) mass is 312 g/mol. The van der Waals surface area contributed by atoms with Gasteiger partial charge in [-0.25, -0.2) is 0 Å². The Bertz CT molecular complexity index is 685. The van der Waals surface area contributed by atoms with Crippen LogP contribution < -0.4 is 10.6 Å². The number of aromatic amines is 1. The van der Waals surface area contributed by atoms with Crippen molar-refractivity contribution in [2.75, 3.05) is 25.0 Å². The maximum absolute atomic E-state index is 12.2. The minimum absolute atomic E-state index is 0.0842. The van der Waals surface area contributed by atoms with E-state index in [4.69, 9.17) is 4.74 Å². The van der Waals surface area contributed by atoms with Gasteiger partial charge in [-0.1, -0.05) is 12.1 Å². The van der Waals surface area contributed by atoms with Gasteiger partial charge in [0, 0.05) is 30.4 Å². The Hall–Kier alpha value is -2.18. The summed E-state index contributed by atoms with van der Waals surface area (Å²) < 4.78 is 5.72. The molecule has 1 aromatic carbocycles. The third kappa shape index (κ3) is 3.28. The van der Waals surface area contributed by atoms with Gasteiger partial charge in [-0.3, -0.25) is 9.89 Å². The van der Waals surface area contributed by atoms with Crippen molar-refractivity contribution in [2.45, 2.75) is 24.9 Å². The number of hydrogen-bond donors (Lipinski definition) is 3. The highest BCUT2D eigenvalue weighted by Crippen LogP contribution is 2.39. The van der Waals surface area contributed by atoms with E-state index in [1.54, 1.807) is 0 Å². The number of anilines is 1. The average Bonchev–Trinajstić information content (AvgIpc) is 3.33. The number of hydrogen-bond acceptors (Lipinski definition) is 4. The molecule has 1 aromatic heterocycles. The zero-order chi connectivity index (χ0) is 15.6. The van der Waals surface area contributed by atoms with Gasteiger partial charge in [0.05, 0.1) is 12.7 Å². The van der Waals surface area contributed by atoms with E-state index in [9.17, 15) is 4.79 Å². The molecule has 1 saturated carbocycles. The van der Waals surface area contributed by atoms with E-state index < -0.39 is 0 Å². The van der Waals surface area contributed by atoms with Crippen LogP contribution in [0.5, 0.6) is 0 Å². The molecule has 1 aliphatic carbocycles. The van der Waals surface area contributed by atoms with Crippen molar-refractivity contribution in [2.24, 2.45) is 0 Å². The highest BCUT2D eigenvalue weighted by atomic mass is 16.5. The maximum atomic E-state index is 12.2. The van der Waals surface area contributed by atoms with Crippen LogP contribution in [0.25, 0.3) is 0 Å². The van der Waals surface area contributed by atoms with Gasteiger partial charge in [-0.05, 0) is 36.6 Å². The molecule has 1 saturated heterocycles. The summed E-state index contributed by atoms with van der Waals surface area (Å²) in [6.45, 7) is 2.45. The molecule has 120 valence electrons. The second-order valence-corrected chi connectivity index (χ2v) is 6.12. The Morgan fingerprint density at radius 3 is 2.78 bits per heavy atom. The number of nitrogens with one attached hydrogen (secondary N) is 3. The highest BCUT2D eigenvalue weighted by molar-refractivity contribution is 6.02. The SMILES string of the molecule is O=C(Nc1ccc(C2CNCCO2)cc1)c1cc(C2CC2)[nH]n1. The van der Waals surface area contributed by atoms with Crippen LogP contribution >= 0.6 is 0 Å². The summed E-state index contributed by atoms with van der Waals surface area (Å²) in [5.74, 6) is 0.379. The fourth-order valence-corrected chi connectivity index (χ4v) is 2.81. The first kappa shape index (κ1) is 14.4. The lowest BCUT2D eigenvalue weighted by Crippen LogP contribution is -2.33. The first-order valence-electron chi connectivity index (χ1n) is 8.08. The Balaban J connectivity index is 1.40. The number of ether oxygens (including phenoxy) is 1. The summed E-state index contributed by atoms with van der Waals surface area (Å²) in [6.07, 6.45) is 2.45. The molecule has 3 N–H and O–H groups in total. The number of carbonyl (C=O) groups is 1. The standard InChI is InChI=1S/C17H20N4O2/c22-17(15-9-14(20-21-15)11-1-2-11)19-13-5-3-12(4-6-13)16-10-18-7-8-23-16/h3-6,9,11,16,18H,1-2,7-8,10H2,(H,19,22)(H,20,21). The van der Waals surface area contributed by atoms with Crippen molar-refractivity contribution in [3.05, 3.63) is 47.3 Å². The molecule has 2 fully saturated rings. The third-order valence-electron chi connectivity index (χ3n) is 4.32. The van der Waals surface area contributed by atoms with Gasteiger partial charge in [0.25, 0.3) is 5.91 Å². The normalized spacial score (nSPS) is 21.1. The van der Waals surface area contributed by atoms with Gasteiger partial charge in [0.2, 0.25) is 0 Å². The van der Waals surface area contributed by atoms with Gasteiger partial charge in [-0.15, -0.1) is 0 Å². The summed E-state index contributed by atoms with van der Waals surface area (Å²) in [5.41, 5.74) is 3.38. The number of aromatic nitrogens is 2. The molecule has 1 aliphatic heterocycles. The van der Waals surface area contributed by atoms with Crippen LogP contribution in [0.15, 0.2) is 30.3 Å². The van der Waals surface area contributed by atoms with Crippen molar-refractivity contribution < 1.29 is 9.53 Å². The quantitative estimate of drug-likeness (QED) is 0.808. The summed E-state index contributed by atoms with van der Waals surface area (Å²) in [5, 5.41) is 13.2. The molecule has 4 rings (SSSR count). The van der Waals surface area contributed by atoms with Gasteiger partial charge in [-0.2, -0.15) is 5.10 Å².